The molecule has 0 saturated carbocycles. The molecular weight excluding hydrogens is 158 g/mol. The van der Waals surface area contributed by atoms with Gasteiger partial charge >= 0.3 is 0 Å². The molecule has 0 radical (unpaired) electrons. The molecule has 11 heavy (non-hydrogen) atoms. The van der Waals surface area contributed by atoms with E-state index in [1.165, 1.54) is 0 Å². The largest absolute Gasteiger partial charge is 0.323 e. The zero-order valence-electron chi connectivity index (χ0n) is 6.61. The summed E-state index contributed by atoms with van der Waals surface area (Å²) in [6, 6.07) is 0. The molecule has 0 fully saturated rings. The second-order valence-corrected chi connectivity index (χ2v) is 3.43. The zero-order chi connectivity index (χ0) is 8.27. The summed E-state index contributed by atoms with van der Waals surface area (Å²) >= 11 is 1.64. The van der Waals surface area contributed by atoms with Crippen molar-refractivity contribution in [3.8, 4) is 0 Å². The summed E-state index contributed by atoms with van der Waals surface area (Å²) in [7, 11) is 0. The van der Waals surface area contributed by atoms with Crippen LogP contribution in [0.2, 0.25) is 0 Å². The molecule has 1 aromatic heterocycles. The maximum atomic E-state index is 4.98. The lowest BCUT2D eigenvalue weighted by molar-refractivity contribution is 0.851. The number of aromatic nitrogens is 1. The van der Waals surface area contributed by atoms with Crippen LogP contribution in [0, 0.1) is 0 Å². The highest BCUT2D eigenvalue weighted by atomic mass is 32.1. The number of hydrogen-bond donors (Lipinski definition) is 1. The van der Waals surface area contributed by atoms with E-state index in [1.807, 2.05) is 5.38 Å². The minimum atomic E-state index is 0.486. The van der Waals surface area contributed by atoms with E-state index in [2.05, 4.69) is 23.9 Å². The van der Waals surface area contributed by atoms with Crippen LogP contribution in [-0.2, 0) is 0 Å². The monoisotopic (exact) mass is 169 g/mol. The third kappa shape index (κ3) is 2.01. The standard InChI is InChI=1S/C7H11N3S/c1-5(2)7-10-6(3-9-8)4-11-7/h3-5H,8H2,1-2H3/b9-3+. The maximum absolute atomic E-state index is 4.98. The summed E-state index contributed by atoms with van der Waals surface area (Å²) in [5, 5.41) is 6.47. The van der Waals surface area contributed by atoms with Gasteiger partial charge in [-0.25, -0.2) is 4.98 Å². The van der Waals surface area contributed by atoms with Crippen LogP contribution in [0.4, 0.5) is 0 Å². The fraction of sp³-hybridized carbons (Fsp3) is 0.429. The molecule has 0 spiro atoms. The molecule has 1 heterocycles. The molecule has 0 aliphatic rings. The third-order valence-electron chi connectivity index (χ3n) is 1.24. The fourth-order valence-electron chi connectivity index (χ4n) is 0.702. The van der Waals surface area contributed by atoms with E-state index < -0.39 is 0 Å². The lowest BCUT2D eigenvalue weighted by Gasteiger charge is -1.94. The first-order valence-corrected chi connectivity index (χ1v) is 4.30. The van der Waals surface area contributed by atoms with Crippen LogP contribution in [0.25, 0.3) is 0 Å². The molecule has 0 bridgehead atoms. The predicted octanol–water partition coefficient (Wildman–Crippen LogP) is 1.56. The van der Waals surface area contributed by atoms with Gasteiger partial charge in [-0.05, 0) is 0 Å². The van der Waals surface area contributed by atoms with Gasteiger partial charge in [-0.2, -0.15) is 5.10 Å². The van der Waals surface area contributed by atoms with E-state index in [-0.39, 0.29) is 0 Å². The molecule has 1 rings (SSSR count). The highest BCUT2D eigenvalue weighted by molar-refractivity contribution is 7.09. The van der Waals surface area contributed by atoms with Gasteiger partial charge in [0.05, 0.1) is 16.9 Å². The number of hydrazone groups is 1. The second-order valence-electron chi connectivity index (χ2n) is 2.54. The normalized spacial score (nSPS) is 11.5. The molecule has 0 aromatic carbocycles. The molecule has 60 valence electrons. The molecule has 4 heteroatoms. The average Bonchev–Trinajstić information content (AvgIpc) is 2.37. The van der Waals surface area contributed by atoms with Crippen LogP contribution in [-0.4, -0.2) is 11.2 Å². The van der Waals surface area contributed by atoms with Gasteiger partial charge in [-0.3, -0.25) is 0 Å². The molecule has 0 saturated heterocycles. The van der Waals surface area contributed by atoms with Crippen molar-refractivity contribution in [1.82, 2.24) is 4.98 Å². The molecule has 3 nitrogen and oxygen atoms in total. The van der Waals surface area contributed by atoms with E-state index in [0.29, 0.717) is 5.92 Å². The van der Waals surface area contributed by atoms with Crippen LogP contribution < -0.4 is 5.84 Å². The molecule has 0 aliphatic heterocycles. The smallest absolute Gasteiger partial charge is 0.0958 e. The van der Waals surface area contributed by atoms with Crippen LogP contribution >= 0.6 is 11.3 Å². The van der Waals surface area contributed by atoms with E-state index in [1.54, 1.807) is 17.6 Å². The summed E-state index contributed by atoms with van der Waals surface area (Å²) in [4.78, 5) is 4.29. The van der Waals surface area contributed by atoms with Gasteiger partial charge in [0.15, 0.2) is 0 Å². The van der Waals surface area contributed by atoms with E-state index in [4.69, 9.17) is 5.84 Å². The Kier molecular flexibility index (Phi) is 2.59. The minimum absolute atomic E-state index is 0.486. The van der Waals surface area contributed by atoms with Crippen molar-refractivity contribution in [2.75, 3.05) is 0 Å². The Bertz CT molecular complexity index is 252. The minimum Gasteiger partial charge on any atom is -0.323 e. The van der Waals surface area contributed by atoms with Crippen molar-refractivity contribution in [2.45, 2.75) is 19.8 Å². The quantitative estimate of drug-likeness (QED) is 0.415. The van der Waals surface area contributed by atoms with Crippen LogP contribution in [0.15, 0.2) is 10.5 Å². The molecule has 2 N–H and O–H groups in total. The molecule has 1 aromatic rings. The summed E-state index contributed by atoms with van der Waals surface area (Å²) < 4.78 is 0. The third-order valence-corrected chi connectivity index (χ3v) is 2.40. The Labute approximate surface area is 70.0 Å². The Morgan fingerprint density at radius 3 is 2.91 bits per heavy atom. The van der Waals surface area contributed by atoms with Crippen molar-refractivity contribution in [2.24, 2.45) is 10.9 Å². The Balaban J connectivity index is 2.81. The van der Waals surface area contributed by atoms with Gasteiger partial charge < -0.3 is 5.84 Å². The second kappa shape index (κ2) is 3.48. The topological polar surface area (TPSA) is 51.3 Å². The summed E-state index contributed by atoms with van der Waals surface area (Å²) in [5.41, 5.74) is 0.848. The number of nitrogens with two attached hydrogens (primary N) is 1. The summed E-state index contributed by atoms with van der Waals surface area (Å²) in [5.74, 6) is 5.47. The lowest BCUT2D eigenvalue weighted by Crippen LogP contribution is -1.89. The van der Waals surface area contributed by atoms with Crippen molar-refractivity contribution in [1.29, 1.82) is 0 Å². The highest BCUT2D eigenvalue weighted by Gasteiger charge is 2.03. The van der Waals surface area contributed by atoms with Gasteiger partial charge in [0.25, 0.3) is 0 Å². The first-order chi connectivity index (χ1) is 5.24. The van der Waals surface area contributed by atoms with Crippen LogP contribution in [0.1, 0.15) is 30.5 Å². The van der Waals surface area contributed by atoms with Gasteiger partial charge in [-0.15, -0.1) is 11.3 Å². The van der Waals surface area contributed by atoms with E-state index in [9.17, 15) is 0 Å². The molecule has 0 aliphatic carbocycles. The molecule has 0 atom stereocenters. The van der Waals surface area contributed by atoms with Crippen LogP contribution in [0.5, 0.6) is 0 Å². The fourth-order valence-corrected chi connectivity index (χ4v) is 1.49. The van der Waals surface area contributed by atoms with Gasteiger partial charge in [-0.1, -0.05) is 13.8 Å². The summed E-state index contributed by atoms with van der Waals surface area (Å²) in [6.45, 7) is 4.23. The van der Waals surface area contributed by atoms with Crippen LogP contribution in [0.3, 0.4) is 0 Å². The van der Waals surface area contributed by atoms with Crippen molar-refractivity contribution in [3.63, 3.8) is 0 Å². The zero-order valence-corrected chi connectivity index (χ0v) is 7.43. The van der Waals surface area contributed by atoms with Crippen molar-refractivity contribution >= 4 is 17.6 Å². The van der Waals surface area contributed by atoms with Crippen molar-refractivity contribution in [3.05, 3.63) is 16.1 Å². The Morgan fingerprint density at radius 1 is 1.73 bits per heavy atom. The summed E-state index contributed by atoms with van der Waals surface area (Å²) in [6.07, 6.45) is 1.56. The lowest BCUT2D eigenvalue weighted by atomic mass is 10.2. The Hall–Kier alpha value is -0.900. The number of rotatable bonds is 2. The van der Waals surface area contributed by atoms with E-state index in [0.717, 1.165) is 10.7 Å². The molecule has 0 amide bonds. The van der Waals surface area contributed by atoms with Crippen molar-refractivity contribution < 1.29 is 0 Å². The Morgan fingerprint density at radius 2 is 2.45 bits per heavy atom. The first kappa shape index (κ1) is 8.20. The number of hydrogen-bond acceptors (Lipinski definition) is 4. The highest BCUT2D eigenvalue weighted by Crippen LogP contribution is 2.17. The van der Waals surface area contributed by atoms with E-state index >= 15 is 0 Å². The van der Waals surface area contributed by atoms with Gasteiger partial charge in [0.2, 0.25) is 0 Å². The predicted molar refractivity (Wildman–Crippen MR) is 48.0 cm³/mol. The first-order valence-electron chi connectivity index (χ1n) is 3.42. The van der Waals surface area contributed by atoms with Gasteiger partial charge in [0.1, 0.15) is 0 Å². The van der Waals surface area contributed by atoms with Gasteiger partial charge in [0, 0.05) is 11.3 Å². The molecule has 0 unspecified atom stereocenters. The average molecular weight is 169 g/mol. The maximum Gasteiger partial charge on any atom is 0.0958 e. The number of nitrogens with zero attached hydrogens (tertiary/aromatic N) is 2. The number of thiazole rings is 1. The molecular formula is C7H11N3S. The SMILES string of the molecule is CC(C)c1nc(/C=N/N)cs1.